The first-order chi connectivity index (χ1) is 12.2. The molecule has 0 amide bonds. The van der Waals surface area contributed by atoms with Crippen molar-refractivity contribution in [2.24, 2.45) is 0 Å². The fraction of sp³-hybridized carbons (Fsp3) is 0.444. The lowest BCUT2D eigenvalue weighted by atomic mass is 10.1. The van der Waals surface area contributed by atoms with Crippen LogP contribution in [0, 0.1) is 0 Å². The van der Waals surface area contributed by atoms with Crippen molar-refractivity contribution in [3.63, 3.8) is 0 Å². The number of halogens is 1. The van der Waals surface area contributed by atoms with Gasteiger partial charge < -0.3 is 14.8 Å². The van der Waals surface area contributed by atoms with E-state index in [1.165, 1.54) is 0 Å². The van der Waals surface area contributed by atoms with E-state index in [0.717, 1.165) is 11.3 Å². The van der Waals surface area contributed by atoms with Crippen LogP contribution in [-0.4, -0.2) is 33.1 Å². The molecule has 0 radical (unpaired) electrons. The average molecular weight is 379 g/mol. The second-order valence-corrected chi connectivity index (χ2v) is 6.89. The summed E-state index contributed by atoms with van der Waals surface area (Å²) in [6, 6.07) is 7.79. The van der Waals surface area contributed by atoms with Crippen LogP contribution in [0.1, 0.15) is 39.7 Å². The van der Waals surface area contributed by atoms with Crippen LogP contribution >= 0.6 is 11.6 Å². The summed E-state index contributed by atoms with van der Waals surface area (Å²) < 4.78 is 10.6. The smallest absolute Gasteiger partial charge is 0.322 e. The van der Waals surface area contributed by atoms with E-state index in [1.54, 1.807) is 0 Å². The zero-order chi connectivity index (χ0) is 19.2. The Hall–Kier alpha value is -2.41. The van der Waals surface area contributed by atoms with Crippen LogP contribution in [0.4, 0.5) is 11.6 Å². The van der Waals surface area contributed by atoms with Crippen molar-refractivity contribution < 1.29 is 14.3 Å². The van der Waals surface area contributed by atoms with Gasteiger partial charge in [-0.1, -0.05) is 12.1 Å². The van der Waals surface area contributed by atoms with Gasteiger partial charge in [-0.2, -0.15) is 15.0 Å². The number of esters is 1. The zero-order valence-corrected chi connectivity index (χ0v) is 16.1. The molecule has 0 aliphatic heterocycles. The minimum absolute atomic E-state index is 0.0482. The fourth-order valence-electron chi connectivity index (χ4n) is 2.15. The van der Waals surface area contributed by atoms with Gasteiger partial charge >= 0.3 is 12.0 Å². The Morgan fingerprint density at radius 3 is 2.69 bits per heavy atom. The number of carbonyl (C=O) groups excluding carboxylic acids is 1. The molecule has 1 heterocycles. The molecule has 0 fully saturated rings. The van der Waals surface area contributed by atoms with E-state index in [0.29, 0.717) is 19.4 Å². The summed E-state index contributed by atoms with van der Waals surface area (Å²) in [5, 5.41) is 3.12. The molecule has 0 atom stereocenters. The predicted molar refractivity (Wildman–Crippen MR) is 99.9 cm³/mol. The Kier molecular flexibility index (Phi) is 6.74. The number of carbonyl (C=O) groups is 1. The third-order valence-corrected chi connectivity index (χ3v) is 3.25. The quantitative estimate of drug-likeness (QED) is 0.730. The number of rotatable bonds is 7. The number of nitrogens with zero attached hydrogens (tertiary/aromatic N) is 3. The molecular weight excluding hydrogens is 356 g/mol. The maximum atomic E-state index is 11.9. The second kappa shape index (κ2) is 8.80. The molecule has 7 nitrogen and oxygen atoms in total. The number of hydrogen-bond donors (Lipinski definition) is 1. The summed E-state index contributed by atoms with van der Waals surface area (Å²) in [7, 11) is 0. The standard InChI is InChI=1S/C18H23ClN4O3/c1-5-25-17-22-15(19)21-16(23-17)20-13-8-6-7-12(11-13)9-10-14(24)26-18(2,3)4/h6-8,11H,5,9-10H2,1-4H3,(H,20,21,22,23). The summed E-state index contributed by atoms with van der Waals surface area (Å²) in [5.41, 5.74) is 1.29. The van der Waals surface area contributed by atoms with Crippen molar-refractivity contribution in [1.82, 2.24) is 15.0 Å². The summed E-state index contributed by atoms with van der Waals surface area (Å²) in [6.07, 6.45) is 0.888. The molecule has 8 heteroatoms. The van der Waals surface area contributed by atoms with Crippen molar-refractivity contribution in [2.75, 3.05) is 11.9 Å². The molecule has 0 saturated heterocycles. The Morgan fingerprint density at radius 2 is 2.00 bits per heavy atom. The van der Waals surface area contributed by atoms with Gasteiger partial charge in [0.2, 0.25) is 11.2 Å². The first kappa shape index (κ1) is 19.9. The lowest BCUT2D eigenvalue weighted by Gasteiger charge is -2.19. The van der Waals surface area contributed by atoms with Gasteiger partial charge in [0.1, 0.15) is 5.60 Å². The number of anilines is 2. The third kappa shape index (κ3) is 6.84. The highest BCUT2D eigenvalue weighted by Gasteiger charge is 2.16. The zero-order valence-electron chi connectivity index (χ0n) is 15.4. The highest BCUT2D eigenvalue weighted by atomic mass is 35.5. The molecule has 0 spiro atoms. The van der Waals surface area contributed by atoms with Gasteiger partial charge in [-0.05, 0) is 63.4 Å². The number of aromatic nitrogens is 3. The second-order valence-electron chi connectivity index (χ2n) is 6.56. The number of benzene rings is 1. The van der Waals surface area contributed by atoms with Crippen LogP contribution in [0.3, 0.4) is 0 Å². The Balaban J connectivity index is 2.02. The van der Waals surface area contributed by atoms with Crippen molar-refractivity contribution in [2.45, 2.75) is 46.1 Å². The first-order valence-electron chi connectivity index (χ1n) is 8.37. The largest absolute Gasteiger partial charge is 0.464 e. The van der Waals surface area contributed by atoms with Crippen LogP contribution in [0.25, 0.3) is 0 Å². The molecule has 140 valence electrons. The summed E-state index contributed by atoms with van der Waals surface area (Å²) in [6.45, 7) is 7.82. The predicted octanol–water partition coefficient (Wildman–Crippen LogP) is 3.94. The van der Waals surface area contributed by atoms with Crippen LogP contribution in [0.5, 0.6) is 6.01 Å². The van der Waals surface area contributed by atoms with E-state index < -0.39 is 5.60 Å². The van der Waals surface area contributed by atoms with E-state index in [9.17, 15) is 4.79 Å². The highest BCUT2D eigenvalue weighted by molar-refractivity contribution is 6.28. The molecule has 2 rings (SSSR count). The maximum absolute atomic E-state index is 11.9. The van der Waals surface area contributed by atoms with Gasteiger partial charge in [0.25, 0.3) is 0 Å². The summed E-state index contributed by atoms with van der Waals surface area (Å²) >= 11 is 5.89. The van der Waals surface area contributed by atoms with E-state index in [1.807, 2.05) is 52.0 Å². The molecule has 1 aromatic heterocycles. The SMILES string of the molecule is CCOc1nc(Cl)nc(Nc2cccc(CCC(=O)OC(C)(C)C)c2)n1. The Morgan fingerprint density at radius 1 is 1.23 bits per heavy atom. The molecular formula is C18H23ClN4O3. The van der Waals surface area contributed by atoms with Crippen molar-refractivity contribution >= 4 is 29.2 Å². The van der Waals surface area contributed by atoms with Crippen LogP contribution < -0.4 is 10.1 Å². The molecule has 0 unspecified atom stereocenters. The van der Waals surface area contributed by atoms with E-state index in [4.69, 9.17) is 21.1 Å². The number of aryl methyl sites for hydroxylation is 1. The van der Waals surface area contributed by atoms with Gasteiger partial charge in [0, 0.05) is 12.1 Å². The Labute approximate surface area is 158 Å². The van der Waals surface area contributed by atoms with Gasteiger partial charge in [-0.15, -0.1) is 0 Å². The molecule has 1 N–H and O–H groups in total. The fourth-order valence-corrected chi connectivity index (χ4v) is 2.31. The number of nitrogens with one attached hydrogen (secondary N) is 1. The molecule has 0 bridgehead atoms. The van der Waals surface area contributed by atoms with Gasteiger partial charge in [0.15, 0.2) is 0 Å². The van der Waals surface area contributed by atoms with Crippen molar-refractivity contribution in [3.8, 4) is 6.01 Å². The first-order valence-corrected chi connectivity index (χ1v) is 8.75. The minimum atomic E-state index is -0.475. The molecule has 2 aromatic rings. The van der Waals surface area contributed by atoms with Crippen LogP contribution in [0.2, 0.25) is 5.28 Å². The van der Waals surface area contributed by atoms with E-state index >= 15 is 0 Å². The lowest BCUT2D eigenvalue weighted by molar-refractivity contribution is -0.154. The van der Waals surface area contributed by atoms with Crippen molar-refractivity contribution in [1.29, 1.82) is 0 Å². The van der Waals surface area contributed by atoms with Gasteiger partial charge in [-0.3, -0.25) is 4.79 Å². The van der Waals surface area contributed by atoms with Crippen LogP contribution in [-0.2, 0) is 16.0 Å². The summed E-state index contributed by atoms with van der Waals surface area (Å²) in [5.74, 6) is 0.0687. The molecule has 1 aromatic carbocycles. The van der Waals surface area contributed by atoms with Crippen LogP contribution in [0.15, 0.2) is 24.3 Å². The molecule has 0 aliphatic rings. The normalized spacial score (nSPS) is 11.1. The topological polar surface area (TPSA) is 86.2 Å². The van der Waals surface area contributed by atoms with Gasteiger partial charge in [0.05, 0.1) is 6.61 Å². The minimum Gasteiger partial charge on any atom is -0.464 e. The monoisotopic (exact) mass is 378 g/mol. The van der Waals surface area contributed by atoms with Crippen molar-refractivity contribution in [3.05, 3.63) is 35.1 Å². The lowest BCUT2D eigenvalue weighted by Crippen LogP contribution is -2.24. The Bertz CT molecular complexity index is 762. The van der Waals surface area contributed by atoms with E-state index in [2.05, 4.69) is 20.3 Å². The maximum Gasteiger partial charge on any atom is 0.322 e. The number of ether oxygens (including phenoxy) is 2. The summed E-state index contributed by atoms with van der Waals surface area (Å²) in [4.78, 5) is 23.9. The van der Waals surface area contributed by atoms with E-state index in [-0.39, 0.29) is 23.2 Å². The third-order valence-electron chi connectivity index (χ3n) is 3.08. The molecule has 0 aliphatic carbocycles. The molecule has 0 saturated carbocycles. The number of hydrogen-bond acceptors (Lipinski definition) is 7. The molecule has 26 heavy (non-hydrogen) atoms. The van der Waals surface area contributed by atoms with Gasteiger partial charge in [-0.25, -0.2) is 0 Å². The average Bonchev–Trinajstić information content (AvgIpc) is 2.51. The highest BCUT2D eigenvalue weighted by Crippen LogP contribution is 2.19.